The predicted octanol–water partition coefficient (Wildman–Crippen LogP) is 1.03. The van der Waals surface area contributed by atoms with Crippen molar-refractivity contribution in [2.45, 2.75) is 0 Å². The standard InChI is InChI=1S/2BrH.Cr.O/h2*1H;;. The second kappa shape index (κ2) is 27.9. The molecule has 0 heterocycles. The average molecular weight is 230 g/mol. The Labute approximate surface area is 53.9 Å². The molecule has 0 rings (SSSR count). The summed E-state index contributed by atoms with van der Waals surface area (Å²) in [5, 5.41) is 0. The van der Waals surface area contributed by atoms with Crippen LogP contribution in [0.25, 0.3) is 0 Å². The maximum absolute atomic E-state index is 8.12. The Morgan fingerprint density at radius 3 is 1.00 bits per heavy atom. The van der Waals surface area contributed by atoms with Crippen molar-refractivity contribution in [2.24, 2.45) is 0 Å². The summed E-state index contributed by atoms with van der Waals surface area (Å²) in [6, 6.07) is 0. The van der Waals surface area contributed by atoms with Crippen LogP contribution in [0.1, 0.15) is 0 Å². The van der Waals surface area contributed by atoms with Gasteiger partial charge in [0.05, 0.1) is 0 Å². The van der Waals surface area contributed by atoms with Crippen LogP contribution in [0.3, 0.4) is 0 Å². The number of halogens is 2. The van der Waals surface area contributed by atoms with Crippen LogP contribution in [0, 0.1) is 0 Å². The molecular formula is H2Br2CrO. The Morgan fingerprint density at radius 1 is 1.00 bits per heavy atom. The fraction of sp³-hybridized carbons (Fsp3) is 0. The molecule has 0 amide bonds. The van der Waals surface area contributed by atoms with Crippen molar-refractivity contribution in [3.05, 3.63) is 0 Å². The molecule has 0 radical (unpaired) electrons. The molecule has 0 spiro atoms. The van der Waals surface area contributed by atoms with E-state index in [0.717, 1.165) is 0 Å². The van der Waals surface area contributed by atoms with Crippen LogP contribution < -0.4 is 0 Å². The quantitative estimate of drug-likeness (QED) is 0.607. The van der Waals surface area contributed by atoms with Crippen molar-refractivity contribution >= 4 is 34.0 Å². The van der Waals surface area contributed by atoms with Gasteiger partial charge in [0.1, 0.15) is 0 Å². The van der Waals surface area contributed by atoms with E-state index in [-0.39, 0.29) is 34.0 Å². The van der Waals surface area contributed by atoms with E-state index in [4.69, 9.17) is 3.80 Å². The minimum atomic E-state index is 0. The van der Waals surface area contributed by atoms with Crippen LogP contribution in [0.2, 0.25) is 0 Å². The van der Waals surface area contributed by atoms with Crippen LogP contribution in [0.4, 0.5) is 0 Å². The van der Waals surface area contributed by atoms with Crippen LogP contribution in [0.15, 0.2) is 0 Å². The molecule has 0 N–H and O–H groups in total. The van der Waals surface area contributed by atoms with E-state index in [1.807, 2.05) is 0 Å². The first-order valence-corrected chi connectivity index (χ1v) is 0.687. The zero-order chi connectivity index (χ0) is 2.00. The van der Waals surface area contributed by atoms with Gasteiger partial charge >= 0.3 is 20.0 Å². The fourth-order valence-electron chi connectivity index (χ4n) is 0. The van der Waals surface area contributed by atoms with E-state index in [1.165, 1.54) is 16.2 Å². The number of rotatable bonds is 0. The molecule has 0 saturated heterocycles. The average Bonchev–Trinajstić information content (AvgIpc) is 1.00. The number of hydrogen-bond donors (Lipinski definition) is 0. The molecule has 0 aliphatic heterocycles. The van der Waals surface area contributed by atoms with E-state index >= 15 is 0 Å². The van der Waals surface area contributed by atoms with E-state index in [2.05, 4.69) is 0 Å². The second-order valence-corrected chi connectivity index (χ2v) is 0. The SMILES string of the molecule is Br.Br.[O]=[Cr]. The van der Waals surface area contributed by atoms with E-state index in [0.29, 0.717) is 0 Å². The molecule has 0 fully saturated rings. The van der Waals surface area contributed by atoms with Crippen molar-refractivity contribution < 1.29 is 20.0 Å². The second-order valence-electron chi connectivity index (χ2n) is 0. The molecule has 0 atom stereocenters. The van der Waals surface area contributed by atoms with Crippen LogP contribution in [0.5, 0.6) is 0 Å². The normalized spacial score (nSPS) is 1.00. The van der Waals surface area contributed by atoms with Gasteiger partial charge in [0.2, 0.25) is 0 Å². The molecule has 0 bridgehead atoms. The predicted molar refractivity (Wildman–Crippen MR) is 21.3 cm³/mol. The van der Waals surface area contributed by atoms with Gasteiger partial charge in [0.25, 0.3) is 0 Å². The van der Waals surface area contributed by atoms with Crippen LogP contribution in [-0.2, 0) is 20.0 Å². The third kappa shape index (κ3) is 10.4. The molecule has 0 unspecified atom stereocenters. The van der Waals surface area contributed by atoms with Gasteiger partial charge in [-0.3, -0.25) is 0 Å². The molecule has 0 aliphatic carbocycles. The van der Waals surface area contributed by atoms with E-state index < -0.39 is 0 Å². The summed E-state index contributed by atoms with van der Waals surface area (Å²) in [6.45, 7) is 0. The van der Waals surface area contributed by atoms with Gasteiger partial charge in [-0.1, -0.05) is 0 Å². The Hall–Kier alpha value is 1.29. The topological polar surface area (TPSA) is 17.1 Å². The summed E-state index contributed by atoms with van der Waals surface area (Å²) in [4.78, 5) is 0. The van der Waals surface area contributed by atoms with Crippen molar-refractivity contribution in [2.75, 3.05) is 0 Å². The molecule has 0 aromatic rings. The van der Waals surface area contributed by atoms with Crippen molar-refractivity contribution in [3.63, 3.8) is 0 Å². The maximum atomic E-state index is 8.12. The third-order valence-electron chi connectivity index (χ3n) is 0. The first-order valence-electron chi connectivity index (χ1n) is 0.167. The monoisotopic (exact) mass is 228 g/mol. The third-order valence-corrected chi connectivity index (χ3v) is 0. The molecule has 0 saturated carbocycles. The van der Waals surface area contributed by atoms with Gasteiger partial charge in [-0.15, -0.1) is 34.0 Å². The fourth-order valence-corrected chi connectivity index (χ4v) is 0. The molecule has 4 heavy (non-hydrogen) atoms. The van der Waals surface area contributed by atoms with E-state index in [1.54, 1.807) is 0 Å². The number of hydrogen-bond acceptors (Lipinski definition) is 1. The first-order chi connectivity index (χ1) is 1.00. The molecular weight excluding hydrogens is 228 g/mol. The van der Waals surface area contributed by atoms with Crippen molar-refractivity contribution in [3.8, 4) is 0 Å². The summed E-state index contributed by atoms with van der Waals surface area (Å²) in [6.07, 6.45) is 0. The minimum absolute atomic E-state index is 0. The van der Waals surface area contributed by atoms with Gasteiger partial charge in [-0.25, -0.2) is 0 Å². The van der Waals surface area contributed by atoms with Crippen LogP contribution >= 0.6 is 34.0 Å². The van der Waals surface area contributed by atoms with Gasteiger partial charge in [0.15, 0.2) is 0 Å². The Morgan fingerprint density at radius 2 is 1.00 bits per heavy atom. The van der Waals surface area contributed by atoms with Crippen LogP contribution in [-0.4, -0.2) is 0 Å². The zero-order valence-corrected chi connectivity index (χ0v) is 6.33. The Kier molecular flexibility index (Phi) is 129. The molecule has 4 heteroatoms. The molecule has 0 aliphatic rings. The zero-order valence-electron chi connectivity index (χ0n) is 1.63. The summed E-state index contributed by atoms with van der Waals surface area (Å²) in [5.74, 6) is 0. The molecule has 0 aromatic heterocycles. The Bertz CT molecular complexity index is 6.00. The summed E-state index contributed by atoms with van der Waals surface area (Å²) < 4.78 is 8.12. The Balaban J connectivity index is -0.00000000500. The molecule has 1 nitrogen and oxygen atoms in total. The van der Waals surface area contributed by atoms with Gasteiger partial charge in [-0.2, -0.15) is 0 Å². The van der Waals surface area contributed by atoms with Crippen molar-refractivity contribution in [1.29, 1.82) is 0 Å². The molecule has 0 aromatic carbocycles. The summed E-state index contributed by atoms with van der Waals surface area (Å²) in [7, 11) is 0. The summed E-state index contributed by atoms with van der Waals surface area (Å²) in [5.41, 5.74) is 0. The van der Waals surface area contributed by atoms with Gasteiger partial charge < -0.3 is 0 Å². The van der Waals surface area contributed by atoms with E-state index in [9.17, 15) is 0 Å². The molecule has 28 valence electrons. The van der Waals surface area contributed by atoms with Gasteiger partial charge in [-0.05, 0) is 0 Å². The summed E-state index contributed by atoms with van der Waals surface area (Å²) >= 11 is 1.38. The van der Waals surface area contributed by atoms with Crippen molar-refractivity contribution in [1.82, 2.24) is 0 Å². The van der Waals surface area contributed by atoms with Gasteiger partial charge in [0, 0.05) is 0 Å². The first kappa shape index (κ1) is 18.6.